The molecule has 0 saturated carbocycles. The van der Waals surface area contributed by atoms with Crippen LogP contribution in [0.1, 0.15) is 17.5 Å². The maximum atomic E-state index is 13.2. The first kappa shape index (κ1) is 20.8. The number of ether oxygens (including phenoxy) is 1. The molecular formula is C26H23N3O4. The molecule has 33 heavy (non-hydrogen) atoms. The number of para-hydroxylation sites is 3. The number of fused-ring (bicyclic) bond motifs is 1. The fourth-order valence-corrected chi connectivity index (χ4v) is 4.45. The van der Waals surface area contributed by atoms with Crippen LogP contribution in [0.2, 0.25) is 0 Å². The Morgan fingerprint density at radius 3 is 2.45 bits per heavy atom. The molecule has 7 heteroatoms. The quantitative estimate of drug-likeness (QED) is 0.588. The van der Waals surface area contributed by atoms with Crippen molar-refractivity contribution in [3.63, 3.8) is 0 Å². The maximum absolute atomic E-state index is 13.2. The summed E-state index contributed by atoms with van der Waals surface area (Å²) in [4.78, 5) is 39.7. The summed E-state index contributed by atoms with van der Waals surface area (Å²) in [5.74, 6) is 0.268. The van der Waals surface area contributed by atoms with Crippen molar-refractivity contribution in [1.29, 1.82) is 0 Å². The van der Waals surface area contributed by atoms with E-state index in [-0.39, 0.29) is 12.5 Å². The van der Waals surface area contributed by atoms with Crippen LogP contribution >= 0.6 is 0 Å². The van der Waals surface area contributed by atoms with Gasteiger partial charge in [-0.2, -0.15) is 0 Å². The summed E-state index contributed by atoms with van der Waals surface area (Å²) in [6, 6.07) is 23.6. The van der Waals surface area contributed by atoms with Crippen molar-refractivity contribution >= 4 is 23.5 Å². The Kier molecular flexibility index (Phi) is 5.30. The van der Waals surface area contributed by atoms with E-state index >= 15 is 0 Å². The topological polar surface area (TPSA) is 87.7 Å². The number of nitrogens with one attached hydrogen (secondary N) is 2. The average Bonchev–Trinajstić information content (AvgIpc) is 3.04. The average molecular weight is 441 g/mol. The number of hydrogen-bond donors (Lipinski definition) is 2. The van der Waals surface area contributed by atoms with E-state index in [4.69, 9.17) is 4.74 Å². The first-order valence-corrected chi connectivity index (χ1v) is 10.9. The summed E-state index contributed by atoms with van der Waals surface area (Å²) in [5, 5.41) is 5.62. The van der Waals surface area contributed by atoms with E-state index in [1.807, 2.05) is 54.6 Å². The van der Waals surface area contributed by atoms with Gasteiger partial charge in [0.05, 0.1) is 5.69 Å². The van der Waals surface area contributed by atoms with Gasteiger partial charge in [0.25, 0.3) is 5.91 Å². The number of hydrogen-bond acceptors (Lipinski definition) is 4. The normalized spacial score (nSPS) is 19.2. The van der Waals surface area contributed by atoms with Crippen molar-refractivity contribution in [2.75, 3.05) is 11.9 Å². The summed E-state index contributed by atoms with van der Waals surface area (Å²) in [6.45, 7) is -0.367. The van der Waals surface area contributed by atoms with Crippen molar-refractivity contribution in [1.82, 2.24) is 10.2 Å². The molecule has 1 fully saturated rings. The molecule has 2 aliphatic rings. The summed E-state index contributed by atoms with van der Waals surface area (Å²) in [5.41, 5.74) is 1.71. The number of carbonyl (C=O) groups excluding carboxylic acids is 3. The maximum Gasteiger partial charge on any atom is 0.325 e. The molecule has 0 bridgehead atoms. The molecule has 2 N–H and O–H groups in total. The minimum atomic E-state index is -0.986. The Morgan fingerprint density at radius 2 is 1.64 bits per heavy atom. The van der Waals surface area contributed by atoms with Crippen LogP contribution in [0.3, 0.4) is 0 Å². The Morgan fingerprint density at radius 1 is 0.939 bits per heavy atom. The fourth-order valence-electron chi connectivity index (χ4n) is 4.45. The first-order valence-electron chi connectivity index (χ1n) is 10.9. The van der Waals surface area contributed by atoms with E-state index in [2.05, 4.69) is 10.6 Å². The molecule has 4 amide bonds. The molecule has 1 atom stereocenters. The zero-order valence-corrected chi connectivity index (χ0v) is 17.9. The molecule has 0 unspecified atom stereocenters. The van der Waals surface area contributed by atoms with Gasteiger partial charge < -0.3 is 15.4 Å². The summed E-state index contributed by atoms with van der Waals surface area (Å²) >= 11 is 0. The van der Waals surface area contributed by atoms with E-state index < -0.39 is 17.5 Å². The van der Waals surface area contributed by atoms with Crippen LogP contribution in [0.4, 0.5) is 10.5 Å². The number of imide groups is 1. The second-order valence-corrected chi connectivity index (χ2v) is 8.31. The number of carbonyl (C=O) groups is 3. The third-order valence-electron chi connectivity index (χ3n) is 6.11. The van der Waals surface area contributed by atoms with Crippen LogP contribution in [-0.2, 0) is 22.4 Å². The lowest BCUT2D eigenvalue weighted by Gasteiger charge is -2.32. The lowest BCUT2D eigenvalue weighted by molar-refractivity contribution is -0.134. The van der Waals surface area contributed by atoms with Crippen molar-refractivity contribution in [2.45, 2.75) is 24.8 Å². The van der Waals surface area contributed by atoms with Crippen molar-refractivity contribution < 1.29 is 19.1 Å². The molecule has 1 aliphatic carbocycles. The SMILES string of the molecule is O=C(CN1C(=O)N[C@]2(CCc3ccccc3C2)C1=O)Nc1ccccc1Oc1ccccc1. The summed E-state index contributed by atoms with van der Waals surface area (Å²) < 4.78 is 5.87. The molecule has 1 spiro atoms. The number of urea groups is 1. The third-order valence-corrected chi connectivity index (χ3v) is 6.11. The van der Waals surface area contributed by atoms with Crippen LogP contribution in [0.25, 0.3) is 0 Å². The van der Waals surface area contributed by atoms with Crippen molar-refractivity contribution in [2.24, 2.45) is 0 Å². The van der Waals surface area contributed by atoms with E-state index in [0.29, 0.717) is 36.4 Å². The van der Waals surface area contributed by atoms with Crippen LogP contribution in [-0.4, -0.2) is 34.8 Å². The second-order valence-electron chi connectivity index (χ2n) is 8.31. The Balaban J connectivity index is 1.28. The minimum absolute atomic E-state index is 0.356. The molecule has 1 heterocycles. The lowest BCUT2D eigenvalue weighted by Crippen LogP contribution is -2.51. The smallest absolute Gasteiger partial charge is 0.325 e. The molecule has 5 rings (SSSR count). The van der Waals surface area contributed by atoms with E-state index in [1.54, 1.807) is 24.3 Å². The highest BCUT2D eigenvalue weighted by atomic mass is 16.5. The van der Waals surface area contributed by atoms with Gasteiger partial charge in [0.15, 0.2) is 5.75 Å². The zero-order valence-electron chi connectivity index (χ0n) is 17.9. The van der Waals surface area contributed by atoms with Gasteiger partial charge in [-0.3, -0.25) is 14.5 Å². The molecule has 7 nitrogen and oxygen atoms in total. The standard InChI is InChI=1S/C26H23N3O4/c30-23(27-21-12-6-7-13-22(21)33-20-10-2-1-3-11-20)17-29-24(31)26(28-25(29)32)15-14-18-8-4-5-9-19(18)16-26/h1-13H,14-17H2,(H,27,30)(H,28,32)/t26-/m0/s1. The number of anilines is 1. The molecule has 3 aromatic carbocycles. The van der Waals surface area contributed by atoms with Gasteiger partial charge in [-0.05, 0) is 48.2 Å². The lowest BCUT2D eigenvalue weighted by atomic mass is 9.78. The van der Waals surface area contributed by atoms with Gasteiger partial charge >= 0.3 is 6.03 Å². The van der Waals surface area contributed by atoms with Crippen LogP contribution < -0.4 is 15.4 Å². The predicted octanol–water partition coefficient (Wildman–Crippen LogP) is 3.90. The fraction of sp³-hybridized carbons (Fsp3) is 0.192. The number of rotatable bonds is 5. The molecule has 1 saturated heterocycles. The van der Waals surface area contributed by atoms with Crippen LogP contribution in [0.15, 0.2) is 78.9 Å². The van der Waals surface area contributed by atoms with Gasteiger partial charge in [-0.1, -0.05) is 54.6 Å². The third kappa shape index (κ3) is 4.05. The molecule has 1 aliphatic heterocycles. The van der Waals surface area contributed by atoms with Gasteiger partial charge in [-0.25, -0.2) is 4.79 Å². The second kappa shape index (κ2) is 8.43. The van der Waals surface area contributed by atoms with Crippen molar-refractivity contribution in [3.8, 4) is 11.5 Å². The molecule has 0 radical (unpaired) electrons. The number of amides is 4. The Bertz CT molecular complexity index is 1230. The monoisotopic (exact) mass is 441 g/mol. The molecule has 3 aromatic rings. The molecule has 0 aromatic heterocycles. The van der Waals surface area contributed by atoms with Gasteiger partial charge in [0, 0.05) is 6.42 Å². The van der Waals surface area contributed by atoms with Crippen LogP contribution in [0, 0.1) is 0 Å². The van der Waals surface area contributed by atoms with Gasteiger partial charge in [0.2, 0.25) is 5.91 Å². The highest BCUT2D eigenvalue weighted by Crippen LogP contribution is 2.34. The predicted molar refractivity (Wildman–Crippen MR) is 123 cm³/mol. The number of nitrogens with zero attached hydrogens (tertiary/aromatic N) is 1. The molecular weight excluding hydrogens is 418 g/mol. The van der Waals surface area contributed by atoms with Gasteiger partial charge in [0.1, 0.15) is 17.8 Å². The van der Waals surface area contributed by atoms with E-state index in [0.717, 1.165) is 10.5 Å². The van der Waals surface area contributed by atoms with E-state index in [9.17, 15) is 14.4 Å². The summed E-state index contributed by atoms with van der Waals surface area (Å²) in [7, 11) is 0. The van der Waals surface area contributed by atoms with E-state index in [1.165, 1.54) is 5.56 Å². The highest BCUT2D eigenvalue weighted by molar-refractivity contribution is 6.10. The number of benzene rings is 3. The first-order chi connectivity index (χ1) is 16.0. The molecule has 166 valence electrons. The van der Waals surface area contributed by atoms with Crippen LogP contribution in [0.5, 0.6) is 11.5 Å². The zero-order chi connectivity index (χ0) is 22.8. The Labute approximate surface area is 191 Å². The summed E-state index contributed by atoms with van der Waals surface area (Å²) in [6.07, 6.45) is 1.65. The number of aryl methyl sites for hydroxylation is 1. The Hall–Kier alpha value is -4.13. The minimum Gasteiger partial charge on any atom is -0.455 e. The largest absolute Gasteiger partial charge is 0.455 e. The van der Waals surface area contributed by atoms with Crippen molar-refractivity contribution in [3.05, 3.63) is 90.0 Å². The highest BCUT2D eigenvalue weighted by Gasteiger charge is 2.52. The van der Waals surface area contributed by atoms with Gasteiger partial charge in [-0.15, -0.1) is 0 Å².